The smallest absolute Gasteiger partial charge is 0.261 e. The van der Waals surface area contributed by atoms with Crippen LogP contribution in [-0.4, -0.2) is 30.8 Å². The predicted molar refractivity (Wildman–Crippen MR) is 111 cm³/mol. The van der Waals surface area contributed by atoms with Crippen LogP contribution in [-0.2, 0) is 14.8 Å². The van der Waals surface area contributed by atoms with E-state index in [4.69, 9.17) is 0 Å². The number of nitrogens with zero attached hydrogens (tertiary/aromatic N) is 3. The van der Waals surface area contributed by atoms with Gasteiger partial charge >= 0.3 is 0 Å². The van der Waals surface area contributed by atoms with E-state index in [1.165, 1.54) is 12.1 Å². The van der Waals surface area contributed by atoms with Crippen LogP contribution in [0.3, 0.4) is 0 Å². The van der Waals surface area contributed by atoms with Crippen LogP contribution < -0.4 is 9.62 Å². The average molecular weight is 408 g/mol. The van der Waals surface area contributed by atoms with Crippen molar-refractivity contribution in [2.75, 3.05) is 16.2 Å². The molecule has 0 saturated carbocycles. The van der Waals surface area contributed by atoms with Gasteiger partial charge in [0.1, 0.15) is 5.82 Å². The highest BCUT2D eigenvalue weighted by molar-refractivity contribution is 7.92. The molecule has 7 nitrogen and oxygen atoms in total. The molecular weight excluding hydrogens is 388 g/mol. The van der Waals surface area contributed by atoms with Gasteiger partial charge in [-0.1, -0.05) is 12.1 Å². The van der Waals surface area contributed by atoms with E-state index in [0.29, 0.717) is 30.2 Å². The number of hydrogen-bond donors (Lipinski definition) is 1. The summed E-state index contributed by atoms with van der Waals surface area (Å²) in [6, 6.07) is 15.2. The van der Waals surface area contributed by atoms with E-state index in [1.807, 2.05) is 6.07 Å². The van der Waals surface area contributed by atoms with Crippen LogP contribution in [0.2, 0.25) is 0 Å². The van der Waals surface area contributed by atoms with Gasteiger partial charge in [0, 0.05) is 36.1 Å². The Morgan fingerprint density at radius 1 is 1.07 bits per heavy atom. The Balaban J connectivity index is 1.56. The highest BCUT2D eigenvalue weighted by Gasteiger charge is 2.22. The summed E-state index contributed by atoms with van der Waals surface area (Å²) >= 11 is 0. The fourth-order valence-electron chi connectivity index (χ4n) is 3.30. The zero-order valence-corrected chi connectivity index (χ0v) is 16.7. The van der Waals surface area contributed by atoms with E-state index < -0.39 is 10.0 Å². The molecule has 0 radical (unpaired) electrons. The van der Waals surface area contributed by atoms with Gasteiger partial charge in [0.25, 0.3) is 10.0 Å². The predicted octanol–water partition coefficient (Wildman–Crippen LogP) is 3.38. The van der Waals surface area contributed by atoms with Gasteiger partial charge in [0.2, 0.25) is 5.91 Å². The molecule has 1 saturated heterocycles. The molecule has 1 fully saturated rings. The van der Waals surface area contributed by atoms with Crippen molar-refractivity contribution in [3.8, 4) is 11.3 Å². The number of anilines is 2. The number of rotatable bonds is 5. The van der Waals surface area contributed by atoms with Crippen LogP contribution in [0.5, 0.6) is 0 Å². The molecule has 1 aliphatic rings. The third-order valence-electron chi connectivity index (χ3n) is 4.72. The minimum absolute atomic E-state index is 0.0653. The molecule has 0 aliphatic carbocycles. The topological polar surface area (TPSA) is 92.3 Å². The van der Waals surface area contributed by atoms with E-state index in [-0.39, 0.29) is 10.8 Å². The maximum Gasteiger partial charge on any atom is 0.261 e. The van der Waals surface area contributed by atoms with E-state index in [1.54, 1.807) is 54.4 Å². The summed E-state index contributed by atoms with van der Waals surface area (Å²) in [6.07, 6.45) is 3.02. The molecule has 0 spiro atoms. The van der Waals surface area contributed by atoms with Crippen LogP contribution in [0.1, 0.15) is 18.7 Å². The highest BCUT2D eigenvalue weighted by atomic mass is 32.2. The van der Waals surface area contributed by atoms with Crippen molar-refractivity contribution in [1.29, 1.82) is 0 Å². The first-order chi connectivity index (χ1) is 13.9. The van der Waals surface area contributed by atoms with E-state index in [0.717, 1.165) is 17.7 Å². The summed E-state index contributed by atoms with van der Waals surface area (Å²) < 4.78 is 28.2. The first kappa shape index (κ1) is 19.1. The third-order valence-corrected chi connectivity index (χ3v) is 6.12. The number of hydrogen-bond acceptors (Lipinski definition) is 5. The second kappa shape index (κ2) is 7.63. The summed E-state index contributed by atoms with van der Waals surface area (Å²) in [5, 5.41) is 0. The number of aromatic nitrogens is 2. The quantitative estimate of drug-likeness (QED) is 0.699. The minimum atomic E-state index is -3.76. The molecule has 1 aromatic heterocycles. The van der Waals surface area contributed by atoms with Gasteiger partial charge < -0.3 is 4.90 Å². The van der Waals surface area contributed by atoms with Crippen LogP contribution in [0.4, 0.5) is 11.4 Å². The van der Waals surface area contributed by atoms with Crippen LogP contribution in [0, 0.1) is 6.92 Å². The van der Waals surface area contributed by atoms with Crippen molar-refractivity contribution in [3.63, 3.8) is 0 Å². The highest BCUT2D eigenvalue weighted by Crippen LogP contribution is 2.25. The lowest BCUT2D eigenvalue weighted by Gasteiger charge is -2.16. The Bertz CT molecular complexity index is 1160. The lowest BCUT2D eigenvalue weighted by Crippen LogP contribution is -2.23. The fourth-order valence-corrected chi connectivity index (χ4v) is 4.35. The first-order valence-corrected chi connectivity index (χ1v) is 10.7. The van der Waals surface area contributed by atoms with Crippen molar-refractivity contribution >= 4 is 27.3 Å². The molecule has 4 rings (SSSR count). The molecule has 1 N–H and O–H groups in total. The van der Waals surface area contributed by atoms with Gasteiger partial charge in [-0.15, -0.1) is 0 Å². The van der Waals surface area contributed by atoms with Crippen molar-refractivity contribution in [3.05, 3.63) is 66.6 Å². The van der Waals surface area contributed by atoms with Crippen molar-refractivity contribution in [2.45, 2.75) is 24.7 Å². The number of carbonyl (C=O) groups is 1. The van der Waals surface area contributed by atoms with E-state index in [2.05, 4.69) is 14.7 Å². The molecule has 148 valence electrons. The fraction of sp³-hybridized carbons (Fsp3) is 0.190. The third kappa shape index (κ3) is 4.12. The van der Waals surface area contributed by atoms with Crippen molar-refractivity contribution < 1.29 is 13.2 Å². The second-order valence-corrected chi connectivity index (χ2v) is 8.50. The number of amides is 1. The van der Waals surface area contributed by atoms with Gasteiger partial charge in [-0.05, 0) is 55.8 Å². The number of carbonyl (C=O) groups excluding carboxylic acids is 1. The molecule has 0 bridgehead atoms. The van der Waals surface area contributed by atoms with Crippen LogP contribution >= 0.6 is 0 Å². The summed E-state index contributed by atoms with van der Waals surface area (Å²) in [4.78, 5) is 22.1. The first-order valence-electron chi connectivity index (χ1n) is 9.26. The Morgan fingerprint density at radius 2 is 1.86 bits per heavy atom. The maximum atomic E-state index is 12.8. The SMILES string of the molecule is Cc1nccc(-c2cccc(NS(=O)(=O)c3ccc(N4CCCC4=O)cc3)c2)n1. The molecule has 29 heavy (non-hydrogen) atoms. The summed E-state index contributed by atoms with van der Waals surface area (Å²) in [7, 11) is -3.76. The maximum absolute atomic E-state index is 12.8. The zero-order chi connectivity index (χ0) is 20.4. The van der Waals surface area contributed by atoms with E-state index in [9.17, 15) is 13.2 Å². The average Bonchev–Trinajstić information content (AvgIpc) is 3.14. The Kier molecular flexibility index (Phi) is 5.02. The summed E-state index contributed by atoms with van der Waals surface area (Å²) in [6.45, 7) is 2.47. The minimum Gasteiger partial charge on any atom is -0.312 e. The Morgan fingerprint density at radius 3 is 2.55 bits per heavy atom. The Hall–Kier alpha value is -3.26. The van der Waals surface area contributed by atoms with Crippen LogP contribution in [0.25, 0.3) is 11.3 Å². The molecule has 1 amide bonds. The van der Waals surface area contributed by atoms with Gasteiger partial charge in [0.05, 0.1) is 10.6 Å². The van der Waals surface area contributed by atoms with E-state index >= 15 is 0 Å². The molecule has 3 aromatic rings. The van der Waals surface area contributed by atoms with Crippen LogP contribution in [0.15, 0.2) is 65.7 Å². The van der Waals surface area contributed by atoms with Crippen molar-refractivity contribution in [2.24, 2.45) is 0 Å². The number of nitrogens with one attached hydrogen (secondary N) is 1. The van der Waals surface area contributed by atoms with Crippen molar-refractivity contribution in [1.82, 2.24) is 9.97 Å². The molecule has 2 heterocycles. The van der Waals surface area contributed by atoms with Gasteiger partial charge in [-0.2, -0.15) is 0 Å². The summed E-state index contributed by atoms with van der Waals surface area (Å²) in [5.74, 6) is 0.709. The van der Waals surface area contributed by atoms with Gasteiger partial charge in [0.15, 0.2) is 0 Å². The van der Waals surface area contributed by atoms with Gasteiger partial charge in [-0.3, -0.25) is 9.52 Å². The molecule has 2 aromatic carbocycles. The van der Waals surface area contributed by atoms with Gasteiger partial charge in [-0.25, -0.2) is 18.4 Å². The molecule has 0 unspecified atom stereocenters. The lowest BCUT2D eigenvalue weighted by atomic mass is 10.1. The molecule has 8 heteroatoms. The molecule has 1 aliphatic heterocycles. The molecular formula is C21H20N4O3S. The largest absolute Gasteiger partial charge is 0.312 e. The number of aryl methyl sites for hydroxylation is 1. The monoisotopic (exact) mass is 408 g/mol. The second-order valence-electron chi connectivity index (χ2n) is 6.82. The zero-order valence-electron chi connectivity index (χ0n) is 15.9. The molecule has 0 atom stereocenters. The summed E-state index contributed by atoms with van der Waals surface area (Å²) in [5.41, 5.74) is 2.67. The standard InChI is InChI=1S/C21H20N4O3S/c1-15-22-12-11-20(23-15)16-4-2-5-17(14-16)24-29(27,28)19-9-7-18(8-10-19)25-13-3-6-21(25)26/h2,4-5,7-12,14,24H,3,6,13H2,1H3. The lowest BCUT2D eigenvalue weighted by molar-refractivity contribution is -0.117. The Labute approximate surface area is 169 Å². The number of sulfonamides is 1. The normalized spacial score (nSPS) is 14.2. The number of benzene rings is 2.